The number of halogens is 1. The summed E-state index contributed by atoms with van der Waals surface area (Å²) in [4.78, 5) is 48.6. The number of likely N-dealkylation sites (tertiary alicyclic amines) is 1. The van der Waals surface area contributed by atoms with Crippen molar-refractivity contribution in [2.24, 2.45) is 5.73 Å². The number of hydrogen-bond donors (Lipinski definition) is 3. The largest absolute Gasteiger partial charge is 0.357 e. The summed E-state index contributed by atoms with van der Waals surface area (Å²) >= 11 is 7.25. The number of hydrogen-bond acceptors (Lipinski definition) is 7. The van der Waals surface area contributed by atoms with E-state index in [1.807, 2.05) is 0 Å². The molecule has 2 atom stereocenters. The second kappa shape index (κ2) is 10.2. The lowest BCUT2D eigenvalue weighted by molar-refractivity contribution is -0.126. The Morgan fingerprint density at radius 3 is 2.68 bits per heavy atom. The number of piperazine rings is 1. The van der Waals surface area contributed by atoms with Crippen LogP contribution in [0.2, 0.25) is 5.02 Å². The minimum Gasteiger partial charge on any atom is -0.357 e. The summed E-state index contributed by atoms with van der Waals surface area (Å²) in [6.07, 6.45) is 2.33. The summed E-state index contributed by atoms with van der Waals surface area (Å²) in [5.41, 5.74) is 5.99. The lowest BCUT2D eigenvalue weighted by Gasteiger charge is -2.39. The quantitative estimate of drug-likeness (QED) is 0.414. The van der Waals surface area contributed by atoms with Gasteiger partial charge < -0.3 is 25.8 Å². The van der Waals surface area contributed by atoms with Crippen molar-refractivity contribution in [2.75, 3.05) is 39.8 Å². The third-order valence-corrected chi connectivity index (χ3v) is 10.1. The van der Waals surface area contributed by atoms with Crippen molar-refractivity contribution < 1.29 is 22.8 Å². The van der Waals surface area contributed by atoms with Gasteiger partial charge in [-0.15, -0.1) is 11.3 Å². The van der Waals surface area contributed by atoms with E-state index < -0.39 is 33.9 Å². The monoisotopic (exact) mass is 579 g/mol. The maximum absolute atomic E-state index is 13.4. The van der Waals surface area contributed by atoms with Gasteiger partial charge in [0.05, 0.1) is 0 Å². The second-order valence-electron chi connectivity index (χ2n) is 9.19. The van der Waals surface area contributed by atoms with Crippen LogP contribution in [0.3, 0.4) is 0 Å². The number of nitrogens with one attached hydrogen (secondary N) is 2. The number of benzene rings is 1. The number of carbonyl (C=O) groups is 3. The molecule has 4 amide bonds. The minimum absolute atomic E-state index is 0.00607. The molecule has 4 N–H and O–H groups in total. The highest BCUT2D eigenvalue weighted by Gasteiger charge is 2.41. The Morgan fingerprint density at radius 1 is 1.18 bits per heavy atom. The molecule has 2 unspecified atom stereocenters. The van der Waals surface area contributed by atoms with Crippen LogP contribution in [0.4, 0.5) is 4.79 Å². The number of aromatic nitrogens is 2. The molecular weight excluding hydrogens is 554 g/mol. The molecule has 0 saturated carbocycles. The molecule has 2 aliphatic heterocycles. The number of H-pyrrole nitrogens is 1. The molecule has 1 aromatic carbocycles. The fraction of sp³-hybridized carbons (Fsp3) is 0.391. The van der Waals surface area contributed by atoms with E-state index in [0.29, 0.717) is 29.0 Å². The van der Waals surface area contributed by atoms with Gasteiger partial charge in [-0.3, -0.25) is 9.59 Å². The zero-order valence-electron chi connectivity index (χ0n) is 20.4. The number of likely N-dealkylation sites (N-methyl/N-ethyl adjacent to an activating group) is 1. The van der Waals surface area contributed by atoms with Crippen molar-refractivity contribution in [1.82, 2.24) is 29.4 Å². The number of sulfonamides is 1. The van der Waals surface area contributed by atoms with Crippen LogP contribution < -0.4 is 11.1 Å². The van der Waals surface area contributed by atoms with E-state index in [2.05, 4.69) is 15.3 Å². The molecule has 38 heavy (non-hydrogen) atoms. The number of carbonyl (C=O) groups excluding carboxylic acids is 3. The van der Waals surface area contributed by atoms with Crippen molar-refractivity contribution in [3.8, 4) is 0 Å². The summed E-state index contributed by atoms with van der Waals surface area (Å²) in [6.45, 7) is 0.808. The fourth-order valence-corrected chi connectivity index (χ4v) is 7.49. The van der Waals surface area contributed by atoms with Gasteiger partial charge in [-0.25, -0.2) is 18.2 Å². The fourth-order valence-electron chi connectivity index (χ4n) is 4.85. The number of rotatable bonds is 5. The molecule has 0 spiro atoms. The van der Waals surface area contributed by atoms with Gasteiger partial charge in [0.2, 0.25) is 5.91 Å². The first-order chi connectivity index (χ1) is 18.1. The van der Waals surface area contributed by atoms with Gasteiger partial charge in [0.25, 0.3) is 15.9 Å². The zero-order chi connectivity index (χ0) is 27.2. The molecule has 12 nitrogen and oxygen atoms in total. The van der Waals surface area contributed by atoms with Crippen molar-refractivity contribution in [3.63, 3.8) is 0 Å². The van der Waals surface area contributed by atoms with Crippen molar-refractivity contribution >= 4 is 61.7 Å². The van der Waals surface area contributed by atoms with E-state index in [1.165, 1.54) is 33.7 Å². The van der Waals surface area contributed by atoms with E-state index in [4.69, 9.17) is 17.3 Å². The summed E-state index contributed by atoms with van der Waals surface area (Å²) in [6, 6.07) is 5.00. The molecule has 5 rings (SSSR count). The SMILES string of the molecule is CNC(=O)C1CN(S(=O)(=O)c2cc3cc(Cl)ccc3[nH]2)CCN1C(=O)c1ncc(C2CCN(C(N)=O)C2)s1. The molecule has 2 aromatic heterocycles. The highest BCUT2D eigenvalue weighted by molar-refractivity contribution is 7.89. The highest BCUT2D eigenvalue weighted by atomic mass is 35.5. The average Bonchev–Trinajstić information content (AvgIpc) is 3.66. The molecule has 0 aliphatic carbocycles. The van der Waals surface area contributed by atoms with Gasteiger partial charge in [-0.1, -0.05) is 11.6 Å². The van der Waals surface area contributed by atoms with Crippen LogP contribution >= 0.6 is 22.9 Å². The Hall–Kier alpha value is -3.20. The van der Waals surface area contributed by atoms with Gasteiger partial charge in [-0.2, -0.15) is 4.31 Å². The summed E-state index contributed by atoms with van der Waals surface area (Å²) in [5, 5.41) is 3.85. The van der Waals surface area contributed by atoms with Crippen LogP contribution in [0.1, 0.15) is 27.0 Å². The van der Waals surface area contributed by atoms with Crippen LogP contribution in [-0.2, 0) is 14.8 Å². The van der Waals surface area contributed by atoms with E-state index in [0.717, 1.165) is 11.3 Å². The van der Waals surface area contributed by atoms with Crippen molar-refractivity contribution in [2.45, 2.75) is 23.4 Å². The van der Waals surface area contributed by atoms with Crippen molar-refractivity contribution in [3.05, 3.63) is 45.4 Å². The molecule has 4 heterocycles. The molecule has 202 valence electrons. The molecule has 2 aliphatic rings. The molecule has 2 saturated heterocycles. The van der Waals surface area contributed by atoms with Gasteiger partial charge in [0.15, 0.2) is 5.01 Å². The van der Waals surface area contributed by atoms with E-state index in [1.54, 1.807) is 29.3 Å². The summed E-state index contributed by atoms with van der Waals surface area (Å²) in [5.74, 6) is -0.896. The van der Waals surface area contributed by atoms with Crippen LogP contribution in [-0.4, -0.2) is 96.1 Å². The first kappa shape index (κ1) is 26.4. The van der Waals surface area contributed by atoms with Gasteiger partial charge in [0.1, 0.15) is 11.1 Å². The van der Waals surface area contributed by atoms with Crippen LogP contribution in [0, 0.1) is 0 Å². The number of thiazole rings is 1. The van der Waals surface area contributed by atoms with E-state index in [9.17, 15) is 22.8 Å². The number of urea groups is 1. The van der Waals surface area contributed by atoms with Gasteiger partial charge in [-0.05, 0) is 30.7 Å². The standard InChI is InChI=1S/C23H26ClN7O5S2/c1-26-20(32)17-12-30(38(35,36)19-9-14-8-15(24)2-3-16(14)28-19)6-7-31(17)22(33)21-27-10-18(37-21)13-4-5-29(11-13)23(25)34/h2-3,8-10,13,17,28H,4-7,11-12H2,1H3,(H2,25,34)(H,26,32). The van der Waals surface area contributed by atoms with Crippen molar-refractivity contribution in [1.29, 1.82) is 0 Å². The Labute approximate surface area is 227 Å². The number of nitrogens with zero attached hydrogens (tertiary/aromatic N) is 4. The topological polar surface area (TPSA) is 162 Å². The molecule has 2 fully saturated rings. The lowest BCUT2D eigenvalue weighted by atomic mass is 10.1. The third-order valence-electron chi connectivity index (χ3n) is 6.94. The smallest absolute Gasteiger partial charge is 0.314 e. The second-order valence-corrected chi connectivity index (χ2v) is 12.6. The zero-order valence-corrected chi connectivity index (χ0v) is 22.8. The molecule has 3 aromatic rings. The summed E-state index contributed by atoms with van der Waals surface area (Å²) in [7, 11) is -2.55. The normalized spacial score (nSPS) is 20.7. The number of aromatic amines is 1. The van der Waals surface area contributed by atoms with E-state index in [-0.39, 0.29) is 35.6 Å². The Morgan fingerprint density at radius 2 is 1.97 bits per heavy atom. The molecular formula is C23H26ClN7O5S2. The number of nitrogens with two attached hydrogens (primary N) is 1. The number of fused-ring (bicyclic) bond motifs is 1. The van der Waals surface area contributed by atoms with Crippen LogP contribution in [0.5, 0.6) is 0 Å². The predicted octanol–water partition coefficient (Wildman–Crippen LogP) is 1.41. The molecule has 0 bridgehead atoms. The lowest BCUT2D eigenvalue weighted by Crippen LogP contribution is -2.61. The van der Waals surface area contributed by atoms with E-state index >= 15 is 0 Å². The number of amides is 4. The van der Waals surface area contributed by atoms with Crippen LogP contribution in [0.25, 0.3) is 10.9 Å². The first-order valence-corrected chi connectivity index (χ1v) is 14.5. The maximum Gasteiger partial charge on any atom is 0.314 e. The Balaban J connectivity index is 1.35. The first-order valence-electron chi connectivity index (χ1n) is 11.9. The highest BCUT2D eigenvalue weighted by Crippen LogP contribution is 2.32. The minimum atomic E-state index is -3.98. The van der Waals surface area contributed by atoms with Gasteiger partial charge in [0, 0.05) is 72.7 Å². The number of primary amides is 1. The van der Waals surface area contributed by atoms with Gasteiger partial charge >= 0.3 is 6.03 Å². The average molecular weight is 580 g/mol. The predicted molar refractivity (Wildman–Crippen MR) is 142 cm³/mol. The van der Waals surface area contributed by atoms with Crippen LogP contribution in [0.15, 0.2) is 35.5 Å². The molecule has 0 radical (unpaired) electrons. The Bertz CT molecular complexity index is 1520. The molecule has 15 heteroatoms. The third kappa shape index (κ3) is 4.84. The maximum atomic E-state index is 13.4. The Kier molecular flexibility index (Phi) is 7.07. The summed E-state index contributed by atoms with van der Waals surface area (Å²) < 4.78 is 28.1.